The van der Waals surface area contributed by atoms with Gasteiger partial charge in [-0.1, -0.05) is 0 Å². The van der Waals surface area contributed by atoms with Crippen molar-refractivity contribution in [3.8, 4) is 0 Å². The van der Waals surface area contributed by atoms with Crippen molar-refractivity contribution in [1.82, 2.24) is 4.90 Å². The van der Waals surface area contributed by atoms with Crippen molar-refractivity contribution >= 4 is 11.6 Å². The topological polar surface area (TPSA) is 42.0 Å². The monoisotopic (exact) mass is 332 g/mol. The molecular weight excluding hydrogens is 304 g/mol. The predicted octanol–water partition coefficient (Wildman–Crippen LogP) is 2.90. The molecule has 2 fully saturated rings. The Kier molecular flexibility index (Phi) is 5.11. The highest BCUT2D eigenvalue weighted by atomic mass is 16.7. The van der Waals surface area contributed by atoms with Crippen LogP contribution in [0.15, 0.2) is 24.3 Å². The molecule has 2 saturated heterocycles. The number of nitrogens with zero attached hydrogens (tertiary/aromatic N) is 2. The SMILES string of the molecule is CCN(c1ccc(C(=O)N2CCC3(CC2)OCCO3)cc1)C(C)C. The maximum atomic E-state index is 12.7. The Balaban J connectivity index is 1.63. The predicted molar refractivity (Wildman–Crippen MR) is 94.4 cm³/mol. The third-order valence-electron chi connectivity index (χ3n) is 5.04. The maximum Gasteiger partial charge on any atom is 0.253 e. The highest BCUT2D eigenvalue weighted by molar-refractivity contribution is 5.94. The van der Waals surface area contributed by atoms with Crippen LogP contribution < -0.4 is 4.90 Å². The van der Waals surface area contributed by atoms with Gasteiger partial charge in [0.2, 0.25) is 0 Å². The summed E-state index contributed by atoms with van der Waals surface area (Å²) in [7, 11) is 0. The van der Waals surface area contributed by atoms with E-state index in [2.05, 4.69) is 25.7 Å². The zero-order valence-electron chi connectivity index (χ0n) is 15.0. The molecule has 24 heavy (non-hydrogen) atoms. The van der Waals surface area contributed by atoms with E-state index in [1.165, 1.54) is 0 Å². The van der Waals surface area contributed by atoms with Crippen LogP contribution in [0.3, 0.4) is 0 Å². The summed E-state index contributed by atoms with van der Waals surface area (Å²) >= 11 is 0. The molecule has 0 bridgehead atoms. The standard InChI is InChI=1S/C19H28N2O3/c1-4-21(15(2)3)17-7-5-16(6-8-17)18(22)20-11-9-19(10-12-20)23-13-14-24-19/h5-8,15H,4,9-14H2,1-3H3. The molecule has 0 aliphatic carbocycles. The Morgan fingerprint density at radius 1 is 1.17 bits per heavy atom. The second kappa shape index (κ2) is 7.11. The second-order valence-corrected chi connectivity index (χ2v) is 6.83. The molecule has 1 aromatic rings. The molecule has 2 aliphatic rings. The highest BCUT2D eigenvalue weighted by Crippen LogP contribution is 2.31. The van der Waals surface area contributed by atoms with Gasteiger partial charge in [0.05, 0.1) is 13.2 Å². The zero-order valence-corrected chi connectivity index (χ0v) is 15.0. The number of carbonyl (C=O) groups excluding carboxylic acids is 1. The minimum absolute atomic E-state index is 0.0991. The van der Waals surface area contributed by atoms with Crippen LogP contribution in [0.2, 0.25) is 0 Å². The molecule has 3 rings (SSSR count). The van der Waals surface area contributed by atoms with E-state index in [4.69, 9.17) is 9.47 Å². The molecule has 1 aromatic carbocycles. The van der Waals surface area contributed by atoms with Crippen LogP contribution in [0.5, 0.6) is 0 Å². The first-order valence-electron chi connectivity index (χ1n) is 8.98. The fraction of sp³-hybridized carbons (Fsp3) is 0.632. The van der Waals surface area contributed by atoms with Crippen molar-refractivity contribution in [3.63, 3.8) is 0 Å². The van der Waals surface area contributed by atoms with E-state index in [9.17, 15) is 4.79 Å². The number of hydrogen-bond donors (Lipinski definition) is 0. The van der Waals surface area contributed by atoms with Crippen LogP contribution >= 0.6 is 0 Å². The Hall–Kier alpha value is -1.59. The fourth-order valence-corrected chi connectivity index (χ4v) is 3.66. The number of piperidine rings is 1. The summed E-state index contributed by atoms with van der Waals surface area (Å²) < 4.78 is 11.5. The highest BCUT2D eigenvalue weighted by Gasteiger charge is 2.40. The van der Waals surface area contributed by atoms with Crippen molar-refractivity contribution in [3.05, 3.63) is 29.8 Å². The lowest BCUT2D eigenvalue weighted by atomic mass is 10.0. The molecule has 0 atom stereocenters. The molecule has 0 N–H and O–H groups in total. The Bertz CT molecular complexity index is 554. The van der Waals surface area contributed by atoms with Crippen LogP contribution in [0.4, 0.5) is 5.69 Å². The molecule has 132 valence electrons. The number of ether oxygens (including phenoxy) is 2. The summed E-state index contributed by atoms with van der Waals surface area (Å²) in [4.78, 5) is 16.9. The number of amides is 1. The minimum Gasteiger partial charge on any atom is -0.369 e. The molecule has 2 heterocycles. The molecule has 1 amide bonds. The number of hydrogen-bond acceptors (Lipinski definition) is 4. The van der Waals surface area contributed by atoms with Gasteiger partial charge in [0.1, 0.15) is 0 Å². The van der Waals surface area contributed by atoms with Crippen LogP contribution in [0, 0.1) is 0 Å². The van der Waals surface area contributed by atoms with Crippen LogP contribution in [-0.4, -0.2) is 55.5 Å². The first kappa shape index (κ1) is 17.2. The average Bonchev–Trinajstić information content (AvgIpc) is 3.04. The summed E-state index contributed by atoms with van der Waals surface area (Å²) in [6.07, 6.45) is 1.52. The van der Waals surface area contributed by atoms with E-state index < -0.39 is 5.79 Å². The first-order valence-corrected chi connectivity index (χ1v) is 8.98. The van der Waals surface area contributed by atoms with Gasteiger partial charge in [-0.2, -0.15) is 0 Å². The quantitative estimate of drug-likeness (QED) is 0.850. The lowest BCUT2D eigenvalue weighted by Gasteiger charge is -2.37. The van der Waals surface area contributed by atoms with Crippen molar-refractivity contribution < 1.29 is 14.3 Å². The van der Waals surface area contributed by atoms with Gasteiger partial charge in [0.25, 0.3) is 5.91 Å². The van der Waals surface area contributed by atoms with E-state index in [1.54, 1.807) is 0 Å². The van der Waals surface area contributed by atoms with Crippen LogP contribution in [0.1, 0.15) is 44.0 Å². The number of benzene rings is 1. The first-order chi connectivity index (χ1) is 11.5. The van der Waals surface area contributed by atoms with Gasteiger partial charge in [-0.3, -0.25) is 4.79 Å². The van der Waals surface area contributed by atoms with Crippen LogP contribution in [0.25, 0.3) is 0 Å². The number of carbonyl (C=O) groups is 1. The van der Waals surface area contributed by atoms with Crippen molar-refractivity contribution in [1.29, 1.82) is 0 Å². The van der Waals surface area contributed by atoms with Gasteiger partial charge in [-0.25, -0.2) is 0 Å². The maximum absolute atomic E-state index is 12.7. The van der Waals surface area contributed by atoms with E-state index >= 15 is 0 Å². The lowest BCUT2D eigenvalue weighted by molar-refractivity contribution is -0.181. The molecular formula is C19H28N2O3. The summed E-state index contributed by atoms with van der Waals surface area (Å²) in [5.74, 6) is -0.332. The molecule has 2 aliphatic heterocycles. The van der Waals surface area contributed by atoms with Crippen molar-refractivity contribution in [2.24, 2.45) is 0 Å². The Morgan fingerprint density at radius 3 is 2.25 bits per heavy atom. The molecule has 0 radical (unpaired) electrons. The van der Waals surface area contributed by atoms with Crippen molar-refractivity contribution in [2.75, 3.05) is 37.7 Å². The molecule has 5 heteroatoms. The minimum atomic E-state index is -0.431. The number of anilines is 1. The normalized spacial score (nSPS) is 19.9. The third-order valence-corrected chi connectivity index (χ3v) is 5.04. The molecule has 0 unspecified atom stereocenters. The molecule has 0 aromatic heterocycles. The Morgan fingerprint density at radius 2 is 1.75 bits per heavy atom. The number of rotatable bonds is 4. The fourth-order valence-electron chi connectivity index (χ4n) is 3.66. The van der Waals surface area contributed by atoms with E-state index in [0.29, 0.717) is 32.3 Å². The molecule has 1 spiro atoms. The largest absolute Gasteiger partial charge is 0.369 e. The van der Waals surface area contributed by atoms with Crippen LogP contribution in [-0.2, 0) is 9.47 Å². The lowest BCUT2D eigenvalue weighted by Crippen LogP contribution is -2.47. The summed E-state index contributed by atoms with van der Waals surface area (Å²) in [6, 6.07) is 8.42. The third kappa shape index (κ3) is 3.42. The van der Waals surface area contributed by atoms with Gasteiger partial charge in [0.15, 0.2) is 5.79 Å². The summed E-state index contributed by atoms with van der Waals surface area (Å²) in [6.45, 7) is 10.2. The summed E-state index contributed by atoms with van der Waals surface area (Å²) in [5.41, 5.74) is 1.91. The average molecular weight is 332 g/mol. The van der Waals surface area contributed by atoms with E-state index in [1.807, 2.05) is 29.2 Å². The van der Waals surface area contributed by atoms with E-state index in [0.717, 1.165) is 30.6 Å². The van der Waals surface area contributed by atoms with Gasteiger partial charge in [0, 0.05) is 49.8 Å². The van der Waals surface area contributed by atoms with Gasteiger partial charge in [-0.15, -0.1) is 0 Å². The van der Waals surface area contributed by atoms with Gasteiger partial charge in [-0.05, 0) is 45.0 Å². The smallest absolute Gasteiger partial charge is 0.253 e. The summed E-state index contributed by atoms with van der Waals surface area (Å²) in [5, 5.41) is 0. The van der Waals surface area contributed by atoms with E-state index in [-0.39, 0.29) is 5.91 Å². The molecule has 5 nitrogen and oxygen atoms in total. The number of likely N-dealkylation sites (tertiary alicyclic amines) is 1. The van der Waals surface area contributed by atoms with Gasteiger partial charge < -0.3 is 19.3 Å². The molecule has 0 saturated carbocycles. The Labute approximate surface area is 144 Å². The van der Waals surface area contributed by atoms with Crippen molar-refractivity contribution in [2.45, 2.75) is 45.4 Å². The zero-order chi connectivity index (χ0) is 17.2. The second-order valence-electron chi connectivity index (χ2n) is 6.83. The van der Waals surface area contributed by atoms with Gasteiger partial charge >= 0.3 is 0 Å².